The Labute approximate surface area is 194 Å². The van der Waals surface area contributed by atoms with Crippen LogP contribution in [-0.2, 0) is 14.3 Å². The van der Waals surface area contributed by atoms with E-state index in [2.05, 4.69) is 34.9 Å². The third kappa shape index (κ3) is 6.57. The number of carboxylic acid groups (broad SMARTS) is 1. The van der Waals surface area contributed by atoms with Gasteiger partial charge in [-0.3, -0.25) is 9.59 Å². The summed E-state index contributed by atoms with van der Waals surface area (Å²) in [6, 6.07) is 16.4. The number of amides is 2. The molecule has 0 saturated carbocycles. The van der Waals surface area contributed by atoms with E-state index in [9.17, 15) is 14.4 Å². The van der Waals surface area contributed by atoms with Crippen LogP contribution in [0.15, 0.2) is 48.5 Å². The van der Waals surface area contributed by atoms with Crippen LogP contribution in [0.4, 0.5) is 4.79 Å². The van der Waals surface area contributed by atoms with E-state index in [0.717, 1.165) is 0 Å². The number of nitrogens with one attached hydrogen (secondary N) is 2. The number of hydrogen-bond donors (Lipinski definition) is 3. The molecule has 0 radical (unpaired) electrons. The van der Waals surface area contributed by atoms with Crippen molar-refractivity contribution in [2.24, 2.45) is 11.8 Å². The molecule has 2 aromatic carbocycles. The summed E-state index contributed by atoms with van der Waals surface area (Å²) in [4.78, 5) is 35.0. The summed E-state index contributed by atoms with van der Waals surface area (Å²) in [6.07, 6.45) is 0.884. The van der Waals surface area contributed by atoms with Crippen LogP contribution in [0.2, 0.25) is 0 Å². The van der Waals surface area contributed by atoms with Crippen LogP contribution >= 0.6 is 0 Å². The second-order valence-electron chi connectivity index (χ2n) is 8.73. The van der Waals surface area contributed by atoms with Crippen molar-refractivity contribution < 1.29 is 24.2 Å². The first-order valence-electron chi connectivity index (χ1n) is 11.4. The Kier molecular flexibility index (Phi) is 8.46. The number of fused-ring (bicyclic) bond motifs is 3. The fraction of sp³-hybridized carbons (Fsp3) is 0.423. The molecular formula is C26H32N2O5. The lowest BCUT2D eigenvalue weighted by molar-refractivity contribution is -0.141. The van der Waals surface area contributed by atoms with Crippen molar-refractivity contribution in [1.82, 2.24) is 10.6 Å². The molecule has 0 saturated heterocycles. The van der Waals surface area contributed by atoms with E-state index in [-0.39, 0.29) is 24.3 Å². The van der Waals surface area contributed by atoms with Gasteiger partial charge in [-0.15, -0.1) is 0 Å². The standard InChI is InChI=1S/C26H32N2O5/c1-17(11-12-24(29)27-14-13-18(2)25(30)31)15-28-26(32)33-16-23-21-9-5-3-7-19(21)20-8-4-6-10-22(20)23/h3-10,17-18,23H,11-16H2,1-2H3,(H,27,29)(H,28,32)(H,30,31). The molecule has 7 heteroatoms. The summed E-state index contributed by atoms with van der Waals surface area (Å²) < 4.78 is 5.53. The molecule has 0 spiro atoms. The minimum absolute atomic E-state index is 0.0214. The highest BCUT2D eigenvalue weighted by molar-refractivity contribution is 5.79. The maximum absolute atomic E-state index is 12.3. The first-order valence-corrected chi connectivity index (χ1v) is 11.4. The van der Waals surface area contributed by atoms with Gasteiger partial charge in [0.25, 0.3) is 0 Å². The zero-order chi connectivity index (χ0) is 23.8. The molecule has 3 N–H and O–H groups in total. The van der Waals surface area contributed by atoms with Gasteiger partial charge in [0.2, 0.25) is 5.91 Å². The van der Waals surface area contributed by atoms with Gasteiger partial charge in [-0.1, -0.05) is 62.4 Å². The third-order valence-electron chi connectivity index (χ3n) is 6.12. The van der Waals surface area contributed by atoms with Gasteiger partial charge in [0.05, 0.1) is 5.92 Å². The monoisotopic (exact) mass is 452 g/mol. The van der Waals surface area contributed by atoms with Crippen molar-refractivity contribution in [2.45, 2.75) is 39.0 Å². The number of rotatable bonds is 11. The number of hydrogen-bond acceptors (Lipinski definition) is 4. The van der Waals surface area contributed by atoms with E-state index >= 15 is 0 Å². The van der Waals surface area contributed by atoms with Gasteiger partial charge in [-0.05, 0) is 41.0 Å². The van der Waals surface area contributed by atoms with Crippen molar-refractivity contribution >= 4 is 18.0 Å². The zero-order valence-electron chi connectivity index (χ0n) is 19.2. The van der Waals surface area contributed by atoms with Crippen LogP contribution in [0, 0.1) is 11.8 Å². The van der Waals surface area contributed by atoms with Gasteiger partial charge in [0, 0.05) is 25.4 Å². The highest BCUT2D eigenvalue weighted by Gasteiger charge is 2.29. The smallest absolute Gasteiger partial charge is 0.407 e. The average molecular weight is 453 g/mol. The first-order chi connectivity index (χ1) is 15.9. The van der Waals surface area contributed by atoms with Crippen molar-refractivity contribution in [1.29, 1.82) is 0 Å². The Morgan fingerprint density at radius 3 is 2.15 bits per heavy atom. The molecule has 176 valence electrons. The molecule has 0 aromatic heterocycles. The topological polar surface area (TPSA) is 105 Å². The lowest BCUT2D eigenvalue weighted by Crippen LogP contribution is -2.31. The van der Waals surface area contributed by atoms with Gasteiger partial charge in [0.15, 0.2) is 0 Å². The summed E-state index contributed by atoms with van der Waals surface area (Å²) in [5.74, 6) is -1.33. The molecule has 1 aliphatic carbocycles. The number of aliphatic carboxylic acids is 1. The van der Waals surface area contributed by atoms with E-state index in [0.29, 0.717) is 32.4 Å². The normalized spacial score (nSPS) is 14.0. The van der Waals surface area contributed by atoms with Gasteiger partial charge in [0.1, 0.15) is 6.61 Å². The highest BCUT2D eigenvalue weighted by atomic mass is 16.5. The minimum atomic E-state index is -0.864. The van der Waals surface area contributed by atoms with Crippen LogP contribution in [0.25, 0.3) is 11.1 Å². The summed E-state index contributed by atoms with van der Waals surface area (Å²) in [6.45, 7) is 4.61. The molecular weight excluding hydrogens is 420 g/mol. The second kappa shape index (κ2) is 11.5. The first kappa shape index (κ1) is 24.3. The summed E-state index contributed by atoms with van der Waals surface area (Å²) >= 11 is 0. The summed E-state index contributed by atoms with van der Waals surface area (Å²) in [7, 11) is 0. The maximum Gasteiger partial charge on any atom is 0.407 e. The predicted octanol–water partition coefficient (Wildman–Crippen LogP) is 4.17. The van der Waals surface area contributed by atoms with Gasteiger partial charge < -0.3 is 20.5 Å². The van der Waals surface area contributed by atoms with E-state index in [1.165, 1.54) is 22.3 Å². The predicted molar refractivity (Wildman–Crippen MR) is 126 cm³/mol. The van der Waals surface area contributed by atoms with Crippen LogP contribution in [0.5, 0.6) is 0 Å². The van der Waals surface area contributed by atoms with Gasteiger partial charge in [-0.2, -0.15) is 0 Å². The Bertz CT molecular complexity index is 945. The molecule has 2 amide bonds. The third-order valence-corrected chi connectivity index (χ3v) is 6.12. The van der Waals surface area contributed by atoms with Crippen LogP contribution < -0.4 is 10.6 Å². The van der Waals surface area contributed by atoms with E-state index in [4.69, 9.17) is 9.84 Å². The lowest BCUT2D eigenvalue weighted by Gasteiger charge is -2.16. The van der Waals surface area contributed by atoms with E-state index in [1.54, 1.807) is 6.92 Å². The summed E-state index contributed by atoms with van der Waals surface area (Å²) in [5.41, 5.74) is 4.71. The molecule has 0 bridgehead atoms. The van der Waals surface area contributed by atoms with Crippen molar-refractivity contribution in [2.75, 3.05) is 19.7 Å². The minimum Gasteiger partial charge on any atom is -0.481 e. The van der Waals surface area contributed by atoms with Crippen molar-refractivity contribution in [3.05, 3.63) is 59.7 Å². The largest absolute Gasteiger partial charge is 0.481 e. The lowest BCUT2D eigenvalue weighted by atomic mass is 9.98. The zero-order valence-corrected chi connectivity index (χ0v) is 19.2. The van der Waals surface area contributed by atoms with Crippen LogP contribution in [0.1, 0.15) is 50.2 Å². The van der Waals surface area contributed by atoms with Crippen LogP contribution in [-0.4, -0.2) is 42.8 Å². The molecule has 7 nitrogen and oxygen atoms in total. The Balaban J connectivity index is 1.37. The Morgan fingerprint density at radius 2 is 1.55 bits per heavy atom. The van der Waals surface area contributed by atoms with Crippen molar-refractivity contribution in [3.63, 3.8) is 0 Å². The number of carbonyl (C=O) groups is 3. The van der Waals surface area contributed by atoms with Crippen LogP contribution in [0.3, 0.4) is 0 Å². The molecule has 33 heavy (non-hydrogen) atoms. The fourth-order valence-corrected chi connectivity index (χ4v) is 4.03. The van der Waals surface area contributed by atoms with Gasteiger partial charge in [-0.25, -0.2) is 4.79 Å². The number of carbonyl (C=O) groups excluding carboxylic acids is 2. The van der Waals surface area contributed by atoms with E-state index < -0.39 is 18.0 Å². The Hall–Kier alpha value is -3.35. The number of carboxylic acids is 1. The van der Waals surface area contributed by atoms with E-state index in [1.807, 2.05) is 31.2 Å². The number of ether oxygens (including phenoxy) is 1. The second-order valence-corrected chi connectivity index (χ2v) is 8.73. The molecule has 0 fully saturated rings. The molecule has 2 aromatic rings. The van der Waals surface area contributed by atoms with Gasteiger partial charge >= 0.3 is 12.1 Å². The fourth-order valence-electron chi connectivity index (χ4n) is 4.03. The molecule has 0 aliphatic heterocycles. The number of benzene rings is 2. The molecule has 3 rings (SSSR count). The Morgan fingerprint density at radius 1 is 0.939 bits per heavy atom. The van der Waals surface area contributed by atoms with Crippen molar-refractivity contribution in [3.8, 4) is 11.1 Å². The molecule has 2 atom stereocenters. The molecule has 2 unspecified atom stereocenters. The highest BCUT2D eigenvalue weighted by Crippen LogP contribution is 2.44. The SMILES string of the molecule is CC(CCC(=O)NCCC(C)C(=O)O)CNC(=O)OCC1c2ccccc2-c2ccccc21. The molecule has 0 heterocycles. The maximum atomic E-state index is 12.3. The molecule has 1 aliphatic rings. The average Bonchev–Trinajstić information content (AvgIpc) is 3.13. The summed E-state index contributed by atoms with van der Waals surface area (Å²) in [5, 5.41) is 14.4. The quantitative estimate of drug-likeness (QED) is 0.475. The number of alkyl carbamates (subject to hydrolysis) is 1.